The molecule has 0 aliphatic carbocycles. The van der Waals surface area contributed by atoms with E-state index in [2.05, 4.69) is 27.4 Å². The van der Waals surface area contributed by atoms with Gasteiger partial charge in [-0.3, -0.25) is 9.59 Å². The molecule has 31 heavy (non-hydrogen) atoms. The maximum atomic E-state index is 12.8. The number of pyridine rings is 1. The topological polar surface area (TPSA) is 83.6 Å². The third-order valence-electron chi connectivity index (χ3n) is 4.99. The Hall–Kier alpha value is -3.23. The van der Waals surface area contributed by atoms with Crippen molar-refractivity contribution in [3.63, 3.8) is 0 Å². The lowest BCUT2D eigenvalue weighted by Crippen LogP contribution is -2.41. The van der Waals surface area contributed by atoms with Crippen molar-refractivity contribution in [1.82, 2.24) is 10.3 Å². The fourth-order valence-electron chi connectivity index (χ4n) is 3.39. The number of carbonyl (C=O) groups excluding carboxylic acids is 2. The minimum Gasteiger partial charge on any atom is -0.375 e. The highest BCUT2D eigenvalue weighted by atomic mass is 32.1. The van der Waals surface area contributed by atoms with Gasteiger partial charge in [0.25, 0.3) is 11.8 Å². The molecule has 1 unspecified atom stereocenters. The van der Waals surface area contributed by atoms with Gasteiger partial charge in [-0.25, -0.2) is 4.98 Å². The van der Waals surface area contributed by atoms with Gasteiger partial charge in [0.05, 0.1) is 28.8 Å². The number of para-hydroxylation sites is 1. The highest BCUT2D eigenvalue weighted by Gasteiger charge is 2.18. The van der Waals surface area contributed by atoms with E-state index >= 15 is 0 Å². The molecular formula is C23H24N4O3S. The average molecular weight is 437 g/mol. The number of carbonyl (C=O) groups is 2. The van der Waals surface area contributed by atoms with Crippen LogP contribution in [0.4, 0.5) is 11.5 Å². The smallest absolute Gasteiger partial charge is 0.265 e. The molecule has 0 saturated carbocycles. The molecule has 1 aromatic carbocycles. The summed E-state index contributed by atoms with van der Waals surface area (Å²) in [5.41, 5.74) is 1.80. The maximum absolute atomic E-state index is 12.8. The fourth-order valence-corrected chi connectivity index (χ4v) is 4.01. The van der Waals surface area contributed by atoms with E-state index < -0.39 is 0 Å². The third kappa shape index (κ3) is 5.28. The zero-order chi connectivity index (χ0) is 21.6. The molecule has 3 heterocycles. The summed E-state index contributed by atoms with van der Waals surface area (Å²) in [5, 5.41) is 7.57. The molecule has 0 bridgehead atoms. The van der Waals surface area contributed by atoms with Crippen LogP contribution in [0.1, 0.15) is 32.5 Å². The van der Waals surface area contributed by atoms with Crippen LogP contribution in [0.15, 0.2) is 60.1 Å². The predicted molar refractivity (Wildman–Crippen MR) is 122 cm³/mol. The standard InChI is InChI=1S/C23H24N4O3S/c1-16-15-27(10-11-30-16)21-9-8-17(13-24-21)14-25-22(28)18-5-2-3-6-19(18)26-23(29)20-7-4-12-31-20/h2-9,12-13,16H,10-11,14-15H2,1H3,(H,25,28)(H,26,29). The van der Waals surface area contributed by atoms with Gasteiger partial charge in [-0.05, 0) is 42.1 Å². The van der Waals surface area contributed by atoms with Crippen LogP contribution in [-0.2, 0) is 11.3 Å². The molecular weight excluding hydrogens is 412 g/mol. The highest BCUT2D eigenvalue weighted by Crippen LogP contribution is 2.19. The minimum atomic E-state index is -0.256. The van der Waals surface area contributed by atoms with Crippen molar-refractivity contribution < 1.29 is 14.3 Å². The van der Waals surface area contributed by atoms with Crippen molar-refractivity contribution in [3.8, 4) is 0 Å². The number of rotatable bonds is 6. The lowest BCUT2D eigenvalue weighted by Gasteiger charge is -2.32. The Morgan fingerprint density at radius 2 is 2.03 bits per heavy atom. The summed E-state index contributed by atoms with van der Waals surface area (Å²) < 4.78 is 5.57. The van der Waals surface area contributed by atoms with E-state index in [1.54, 1.807) is 36.5 Å². The second kappa shape index (κ2) is 9.72. The van der Waals surface area contributed by atoms with Gasteiger partial charge in [-0.2, -0.15) is 0 Å². The molecule has 4 rings (SSSR count). The number of anilines is 2. The van der Waals surface area contributed by atoms with Gasteiger partial charge in [0.1, 0.15) is 5.82 Å². The number of amides is 2. The van der Waals surface area contributed by atoms with Crippen LogP contribution in [-0.4, -0.2) is 42.6 Å². The second-order valence-electron chi connectivity index (χ2n) is 7.31. The van der Waals surface area contributed by atoms with Crippen LogP contribution < -0.4 is 15.5 Å². The van der Waals surface area contributed by atoms with Crippen molar-refractivity contribution in [3.05, 3.63) is 76.1 Å². The zero-order valence-electron chi connectivity index (χ0n) is 17.2. The number of hydrogen-bond donors (Lipinski definition) is 2. The predicted octanol–water partition coefficient (Wildman–Crippen LogP) is 3.55. The molecule has 3 aromatic rings. The first kappa shape index (κ1) is 21.0. The summed E-state index contributed by atoms with van der Waals surface area (Å²) in [6.45, 7) is 4.73. The van der Waals surface area contributed by atoms with Crippen LogP contribution in [0, 0.1) is 0 Å². The van der Waals surface area contributed by atoms with Gasteiger partial charge >= 0.3 is 0 Å². The Kier molecular flexibility index (Phi) is 6.59. The Labute approximate surface area is 185 Å². The molecule has 1 aliphatic heterocycles. The van der Waals surface area contributed by atoms with E-state index in [9.17, 15) is 9.59 Å². The normalized spacial score (nSPS) is 16.0. The van der Waals surface area contributed by atoms with Crippen molar-refractivity contribution >= 4 is 34.7 Å². The quantitative estimate of drug-likeness (QED) is 0.617. The Morgan fingerprint density at radius 3 is 2.77 bits per heavy atom. The molecule has 1 saturated heterocycles. The number of hydrogen-bond acceptors (Lipinski definition) is 6. The van der Waals surface area contributed by atoms with Gasteiger partial charge in [0.2, 0.25) is 0 Å². The van der Waals surface area contributed by atoms with E-state index in [4.69, 9.17) is 4.74 Å². The largest absolute Gasteiger partial charge is 0.375 e. The molecule has 1 aliphatic rings. The van der Waals surface area contributed by atoms with Gasteiger partial charge in [0.15, 0.2) is 0 Å². The van der Waals surface area contributed by atoms with Crippen LogP contribution in [0.5, 0.6) is 0 Å². The van der Waals surface area contributed by atoms with Crippen molar-refractivity contribution in [2.45, 2.75) is 19.6 Å². The van der Waals surface area contributed by atoms with Crippen LogP contribution >= 0.6 is 11.3 Å². The maximum Gasteiger partial charge on any atom is 0.265 e. The number of thiophene rings is 1. The number of morpholine rings is 1. The van der Waals surface area contributed by atoms with Crippen molar-refractivity contribution in [1.29, 1.82) is 0 Å². The lowest BCUT2D eigenvalue weighted by molar-refractivity contribution is 0.0529. The van der Waals surface area contributed by atoms with E-state index in [0.29, 0.717) is 29.3 Å². The lowest BCUT2D eigenvalue weighted by atomic mass is 10.1. The summed E-state index contributed by atoms with van der Waals surface area (Å²) in [7, 11) is 0. The molecule has 1 fully saturated rings. The zero-order valence-corrected chi connectivity index (χ0v) is 18.0. The summed E-state index contributed by atoms with van der Waals surface area (Å²) in [5.74, 6) is 0.424. The number of nitrogens with one attached hydrogen (secondary N) is 2. The number of ether oxygens (including phenoxy) is 1. The van der Waals surface area contributed by atoms with Crippen LogP contribution in [0.25, 0.3) is 0 Å². The molecule has 0 spiro atoms. The molecule has 0 radical (unpaired) electrons. The van der Waals surface area contributed by atoms with Gasteiger partial charge in [0, 0.05) is 25.8 Å². The number of benzene rings is 1. The van der Waals surface area contributed by atoms with Crippen LogP contribution in [0.3, 0.4) is 0 Å². The molecule has 7 nitrogen and oxygen atoms in total. The van der Waals surface area contributed by atoms with E-state index in [1.165, 1.54) is 11.3 Å². The molecule has 1 atom stereocenters. The highest BCUT2D eigenvalue weighted by molar-refractivity contribution is 7.12. The first-order valence-electron chi connectivity index (χ1n) is 10.1. The summed E-state index contributed by atoms with van der Waals surface area (Å²) in [6, 6.07) is 14.5. The Morgan fingerprint density at radius 1 is 1.16 bits per heavy atom. The molecule has 2 aromatic heterocycles. The molecule has 8 heteroatoms. The SMILES string of the molecule is CC1CN(c2ccc(CNC(=O)c3ccccc3NC(=O)c3cccs3)cn2)CCO1. The number of nitrogens with zero attached hydrogens (tertiary/aromatic N) is 2. The van der Waals surface area contributed by atoms with Gasteiger partial charge < -0.3 is 20.3 Å². The molecule has 160 valence electrons. The Bertz CT molecular complexity index is 1040. The monoisotopic (exact) mass is 436 g/mol. The summed E-state index contributed by atoms with van der Waals surface area (Å²) in [4.78, 5) is 32.4. The van der Waals surface area contributed by atoms with Crippen molar-refractivity contribution in [2.75, 3.05) is 29.9 Å². The van der Waals surface area contributed by atoms with E-state index in [0.717, 1.165) is 24.5 Å². The van der Waals surface area contributed by atoms with Gasteiger partial charge in [-0.15, -0.1) is 11.3 Å². The van der Waals surface area contributed by atoms with Gasteiger partial charge in [-0.1, -0.05) is 24.3 Å². The minimum absolute atomic E-state index is 0.190. The van der Waals surface area contributed by atoms with E-state index in [-0.39, 0.29) is 17.9 Å². The molecule has 2 amide bonds. The van der Waals surface area contributed by atoms with Crippen LogP contribution in [0.2, 0.25) is 0 Å². The molecule has 2 N–H and O–H groups in total. The second-order valence-corrected chi connectivity index (χ2v) is 8.26. The summed E-state index contributed by atoms with van der Waals surface area (Å²) in [6.07, 6.45) is 1.97. The number of aromatic nitrogens is 1. The first-order chi connectivity index (χ1) is 15.1. The summed E-state index contributed by atoms with van der Waals surface area (Å²) >= 11 is 1.35. The Balaban J connectivity index is 1.37. The third-order valence-corrected chi connectivity index (χ3v) is 5.86. The average Bonchev–Trinajstić information content (AvgIpc) is 3.33. The van der Waals surface area contributed by atoms with Crippen molar-refractivity contribution in [2.24, 2.45) is 0 Å². The fraction of sp³-hybridized carbons (Fsp3) is 0.261. The van der Waals surface area contributed by atoms with E-state index in [1.807, 2.05) is 23.6 Å². The first-order valence-corrected chi connectivity index (χ1v) is 11.0.